The molecule has 104 valence electrons. The van der Waals surface area contributed by atoms with Gasteiger partial charge < -0.3 is 9.84 Å². The van der Waals surface area contributed by atoms with Gasteiger partial charge in [-0.05, 0) is 24.5 Å². The van der Waals surface area contributed by atoms with Crippen molar-refractivity contribution >= 4 is 40.9 Å². The van der Waals surface area contributed by atoms with Gasteiger partial charge in [0.05, 0.1) is 21.3 Å². The number of carbonyl (C=O) groups is 1. The summed E-state index contributed by atoms with van der Waals surface area (Å²) in [5, 5.41) is 10.5. The molecule has 0 amide bonds. The molecule has 0 spiro atoms. The highest BCUT2D eigenvalue weighted by molar-refractivity contribution is 7.98. The van der Waals surface area contributed by atoms with Crippen LogP contribution in [0.3, 0.4) is 0 Å². The Labute approximate surface area is 129 Å². The fourth-order valence-corrected chi connectivity index (χ4v) is 2.13. The van der Waals surface area contributed by atoms with Gasteiger partial charge in [-0.1, -0.05) is 23.2 Å². The molecule has 1 aromatic heterocycles. The summed E-state index contributed by atoms with van der Waals surface area (Å²) in [5.41, 5.74) is 0.0374. The van der Waals surface area contributed by atoms with Gasteiger partial charge in [0.25, 0.3) is 0 Å². The lowest BCUT2D eigenvalue weighted by Crippen LogP contribution is -2.01. The second-order valence-electron chi connectivity index (χ2n) is 3.71. The molecule has 0 radical (unpaired) electrons. The van der Waals surface area contributed by atoms with E-state index >= 15 is 0 Å². The smallest absolute Gasteiger partial charge is 0.339 e. The largest absolute Gasteiger partial charge is 0.478 e. The molecule has 0 aliphatic rings. The fourth-order valence-electron chi connectivity index (χ4n) is 1.45. The lowest BCUT2D eigenvalue weighted by molar-refractivity contribution is 0.0693. The Morgan fingerprint density at radius 1 is 1.30 bits per heavy atom. The van der Waals surface area contributed by atoms with Crippen molar-refractivity contribution in [3.8, 4) is 11.5 Å². The highest BCUT2D eigenvalue weighted by Crippen LogP contribution is 2.31. The summed E-state index contributed by atoms with van der Waals surface area (Å²) in [4.78, 5) is 15.3. The summed E-state index contributed by atoms with van der Waals surface area (Å²) >= 11 is 13.0. The Morgan fingerprint density at radius 3 is 2.65 bits per heavy atom. The van der Waals surface area contributed by atoms with E-state index in [-0.39, 0.29) is 11.3 Å². The molecule has 2 aromatic rings. The number of ether oxygens (including phenoxy) is 1. The maximum Gasteiger partial charge on any atom is 0.339 e. The predicted octanol–water partition coefficient (Wildman–Crippen LogP) is 4.60. The average Bonchev–Trinajstić information content (AvgIpc) is 2.43. The molecule has 0 aliphatic carbocycles. The number of carboxylic acid groups (broad SMARTS) is 1. The molecule has 1 N–H and O–H groups in total. The third-order valence-electron chi connectivity index (χ3n) is 2.40. The van der Waals surface area contributed by atoms with Crippen LogP contribution in [0, 0.1) is 0 Å². The summed E-state index contributed by atoms with van der Waals surface area (Å²) in [6.45, 7) is 0. The van der Waals surface area contributed by atoms with E-state index in [4.69, 9.17) is 27.9 Å². The first-order valence-electron chi connectivity index (χ1n) is 5.41. The maximum atomic E-state index is 11.2. The molecule has 0 aliphatic heterocycles. The number of carboxylic acids is 1. The third-order valence-corrected chi connectivity index (χ3v) is 3.78. The summed E-state index contributed by atoms with van der Waals surface area (Å²) in [6, 6.07) is 6.14. The van der Waals surface area contributed by atoms with Crippen molar-refractivity contribution in [3.05, 3.63) is 46.1 Å². The Morgan fingerprint density at radius 2 is 2.05 bits per heavy atom. The van der Waals surface area contributed by atoms with E-state index in [9.17, 15) is 9.90 Å². The number of halogens is 2. The van der Waals surface area contributed by atoms with Crippen LogP contribution in [-0.2, 0) is 0 Å². The summed E-state index contributed by atoms with van der Waals surface area (Å²) in [5.74, 6) is -0.549. The van der Waals surface area contributed by atoms with Crippen LogP contribution < -0.4 is 4.74 Å². The Balaban J connectivity index is 2.37. The van der Waals surface area contributed by atoms with Crippen molar-refractivity contribution in [2.24, 2.45) is 0 Å². The number of rotatable bonds is 4. The van der Waals surface area contributed by atoms with E-state index in [0.717, 1.165) is 0 Å². The van der Waals surface area contributed by atoms with E-state index in [1.807, 2.05) is 6.26 Å². The van der Waals surface area contributed by atoms with Crippen molar-refractivity contribution < 1.29 is 14.6 Å². The molecule has 4 nitrogen and oxygen atoms in total. The Hall–Kier alpha value is -1.43. The van der Waals surface area contributed by atoms with Crippen LogP contribution in [0.4, 0.5) is 0 Å². The lowest BCUT2D eigenvalue weighted by atomic mass is 10.2. The van der Waals surface area contributed by atoms with Gasteiger partial charge in [-0.3, -0.25) is 0 Å². The topological polar surface area (TPSA) is 59.4 Å². The van der Waals surface area contributed by atoms with Crippen molar-refractivity contribution in [3.63, 3.8) is 0 Å². The molecular weight excluding hydrogens is 321 g/mol. The first-order valence-corrected chi connectivity index (χ1v) is 7.39. The van der Waals surface area contributed by atoms with Crippen molar-refractivity contribution in [1.82, 2.24) is 4.98 Å². The molecular formula is C13H9Cl2NO3S. The van der Waals surface area contributed by atoms with Crippen LogP contribution in [0.2, 0.25) is 10.0 Å². The SMILES string of the molecule is CSc1cc(C(=O)O)c(Oc2ccc(Cl)c(Cl)c2)cn1. The molecule has 0 saturated carbocycles. The van der Waals surface area contributed by atoms with Crippen molar-refractivity contribution in [1.29, 1.82) is 0 Å². The van der Waals surface area contributed by atoms with Gasteiger partial charge in [-0.2, -0.15) is 0 Å². The van der Waals surface area contributed by atoms with E-state index in [1.165, 1.54) is 30.1 Å². The van der Waals surface area contributed by atoms with Crippen molar-refractivity contribution in [2.75, 3.05) is 6.26 Å². The molecule has 7 heteroatoms. The van der Waals surface area contributed by atoms with Crippen LogP contribution in [-0.4, -0.2) is 22.3 Å². The summed E-state index contributed by atoms with van der Waals surface area (Å²) < 4.78 is 5.51. The second-order valence-corrected chi connectivity index (χ2v) is 5.35. The van der Waals surface area contributed by atoms with E-state index in [2.05, 4.69) is 4.98 Å². The Bertz CT molecular complexity index is 664. The molecule has 20 heavy (non-hydrogen) atoms. The number of aromatic nitrogens is 1. The second kappa shape index (κ2) is 6.35. The van der Waals surface area contributed by atoms with Gasteiger partial charge >= 0.3 is 5.97 Å². The lowest BCUT2D eigenvalue weighted by Gasteiger charge is -2.09. The minimum Gasteiger partial charge on any atom is -0.478 e. The molecule has 0 unspecified atom stereocenters. The van der Waals surface area contributed by atoms with Gasteiger partial charge in [0.15, 0.2) is 5.75 Å². The number of hydrogen-bond donors (Lipinski definition) is 1. The van der Waals surface area contributed by atoms with E-state index < -0.39 is 5.97 Å². The zero-order valence-corrected chi connectivity index (χ0v) is 12.6. The minimum atomic E-state index is -1.09. The minimum absolute atomic E-state index is 0.0374. The van der Waals surface area contributed by atoms with Gasteiger partial charge in [0, 0.05) is 6.07 Å². The first-order chi connectivity index (χ1) is 9.51. The molecule has 0 bridgehead atoms. The summed E-state index contributed by atoms with van der Waals surface area (Å²) in [7, 11) is 0. The van der Waals surface area contributed by atoms with Crippen molar-refractivity contribution in [2.45, 2.75) is 5.03 Å². The average molecular weight is 330 g/mol. The van der Waals surface area contributed by atoms with E-state index in [1.54, 1.807) is 12.1 Å². The zero-order valence-electron chi connectivity index (χ0n) is 10.3. The summed E-state index contributed by atoms with van der Waals surface area (Å²) in [6.07, 6.45) is 3.19. The molecule has 0 fully saturated rings. The monoisotopic (exact) mass is 329 g/mol. The van der Waals surface area contributed by atoms with Crippen LogP contribution in [0.15, 0.2) is 35.5 Å². The zero-order chi connectivity index (χ0) is 14.7. The van der Waals surface area contributed by atoms with Crippen LogP contribution in [0.25, 0.3) is 0 Å². The normalized spacial score (nSPS) is 10.3. The molecule has 1 aromatic carbocycles. The fraction of sp³-hybridized carbons (Fsp3) is 0.0769. The van der Waals surface area contributed by atoms with Crippen LogP contribution >= 0.6 is 35.0 Å². The molecule has 0 atom stereocenters. The number of thioether (sulfide) groups is 1. The van der Waals surface area contributed by atoms with Gasteiger partial charge in [-0.15, -0.1) is 11.8 Å². The highest BCUT2D eigenvalue weighted by atomic mass is 35.5. The van der Waals surface area contributed by atoms with Gasteiger partial charge in [0.2, 0.25) is 0 Å². The number of pyridine rings is 1. The number of nitrogens with zero attached hydrogens (tertiary/aromatic N) is 1. The molecule has 2 rings (SSSR count). The molecule has 0 saturated heterocycles. The number of hydrogen-bond acceptors (Lipinski definition) is 4. The maximum absolute atomic E-state index is 11.2. The Kier molecular flexibility index (Phi) is 4.75. The number of aromatic carboxylic acids is 1. The standard InChI is InChI=1S/C13H9Cl2NO3S/c1-20-12-5-8(13(17)18)11(6-16-12)19-7-2-3-9(14)10(15)4-7/h2-6H,1H3,(H,17,18). The molecule has 1 heterocycles. The quantitative estimate of drug-likeness (QED) is 0.830. The van der Waals surface area contributed by atoms with Crippen LogP contribution in [0.1, 0.15) is 10.4 Å². The number of benzene rings is 1. The third kappa shape index (κ3) is 3.36. The van der Waals surface area contributed by atoms with Gasteiger partial charge in [0.1, 0.15) is 11.3 Å². The highest BCUT2D eigenvalue weighted by Gasteiger charge is 2.14. The van der Waals surface area contributed by atoms with Gasteiger partial charge in [-0.25, -0.2) is 9.78 Å². The van der Waals surface area contributed by atoms with E-state index in [0.29, 0.717) is 20.8 Å². The first kappa shape index (κ1) is 15.0. The predicted molar refractivity (Wildman–Crippen MR) is 79.5 cm³/mol. The van der Waals surface area contributed by atoms with Crippen LogP contribution in [0.5, 0.6) is 11.5 Å².